The Morgan fingerprint density at radius 2 is 2.00 bits per heavy atom. The molecule has 21 heavy (non-hydrogen) atoms. The van der Waals surface area contributed by atoms with E-state index in [0.717, 1.165) is 17.1 Å². The molecule has 0 spiro atoms. The Morgan fingerprint density at radius 3 is 2.71 bits per heavy atom. The number of benzene rings is 1. The van der Waals surface area contributed by atoms with Crippen LogP contribution in [0.3, 0.4) is 0 Å². The lowest BCUT2D eigenvalue weighted by Crippen LogP contribution is -2.33. The maximum absolute atomic E-state index is 4.73. The molecule has 110 valence electrons. The number of hydrogen-bond acceptors (Lipinski definition) is 4. The van der Waals surface area contributed by atoms with E-state index < -0.39 is 0 Å². The quantitative estimate of drug-likeness (QED) is 0.717. The molecule has 0 saturated heterocycles. The minimum absolute atomic E-state index is 0.152. The van der Waals surface area contributed by atoms with Gasteiger partial charge in [0.2, 0.25) is 0 Å². The molecule has 1 atom stereocenters. The average molecular weight is 316 g/mol. The lowest BCUT2D eigenvalue weighted by molar-refractivity contribution is 0.441. The molecule has 0 aliphatic rings. The zero-order chi connectivity index (χ0) is 14.9. The number of nitrogens with one attached hydrogen (secondary N) is 1. The van der Waals surface area contributed by atoms with Gasteiger partial charge in [0.15, 0.2) is 0 Å². The van der Waals surface area contributed by atoms with Gasteiger partial charge < -0.3 is 5.32 Å². The summed E-state index contributed by atoms with van der Waals surface area (Å²) < 4.78 is 1.26. The number of rotatable bonds is 5. The van der Waals surface area contributed by atoms with Crippen LogP contribution in [0.15, 0.2) is 41.8 Å². The molecule has 2 aromatic heterocycles. The Hall–Kier alpha value is -1.23. The first kappa shape index (κ1) is 14.7. The van der Waals surface area contributed by atoms with Gasteiger partial charge >= 0.3 is 0 Å². The summed E-state index contributed by atoms with van der Waals surface area (Å²) >= 11 is 3.61. The van der Waals surface area contributed by atoms with Crippen LogP contribution in [0, 0.1) is 0 Å². The van der Waals surface area contributed by atoms with E-state index in [-0.39, 0.29) is 11.5 Å². The lowest BCUT2D eigenvalue weighted by atomic mass is 9.91. The zero-order valence-corrected chi connectivity index (χ0v) is 14.2. The van der Waals surface area contributed by atoms with E-state index in [1.165, 1.54) is 9.58 Å². The van der Waals surface area contributed by atoms with Crippen molar-refractivity contribution in [2.75, 3.05) is 6.54 Å². The van der Waals surface area contributed by atoms with Crippen LogP contribution < -0.4 is 5.32 Å². The van der Waals surface area contributed by atoms with Crippen molar-refractivity contribution in [3.8, 4) is 0 Å². The number of nitrogens with zero attached hydrogens (tertiary/aromatic N) is 1. The summed E-state index contributed by atoms with van der Waals surface area (Å²) in [5.41, 5.74) is 1.25. The SMILES string of the molecule is CC(NCC(C)(C)c1cccs1)c1nc2ccccc2s1. The van der Waals surface area contributed by atoms with Crippen LogP contribution in [0.4, 0.5) is 0 Å². The summed E-state index contributed by atoms with van der Waals surface area (Å²) in [6.07, 6.45) is 0. The fraction of sp³-hybridized carbons (Fsp3) is 0.353. The third-order valence-electron chi connectivity index (χ3n) is 3.72. The van der Waals surface area contributed by atoms with Crippen LogP contribution in [0.5, 0.6) is 0 Å². The number of hydrogen-bond donors (Lipinski definition) is 1. The highest BCUT2D eigenvalue weighted by Gasteiger charge is 2.23. The first-order chi connectivity index (χ1) is 10.1. The van der Waals surface area contributed by atoms with Crippen molar-refractivity contribution in [1.29, 1.82) is 0 Å². The van der Waals surface area contributed by atoms with E-state index >= 15 is 0 Å². The second-order valence-corrected chi connectivity index (χ2v) is 7.99. The minimum Gasteiger partial charge on any atom is -0.307 e. The molecule has 3 aromatic rings. The van der Waals surface area contributed by atoms with Crippen molar-refractivity contribution < 1.29 is 0 Å². The summed E-state index contributed by atoms with van der Waals surface area (Å²) in [5.74, 6) is 0. The molecule has 1 aromatic carbocycles. The number of aromatic nitrogens is 1. The first-order valence-electron chi connectivity index (χ1n) is 7.19. The number of thiophene rings is 1. The second-order valence-electron chi connectivity index (χ2n) is 5.98. The number of thiazole rings is 1. The Morgan fingerprint density at radius 1 is 1.19 bits per heavy atom. The van der Waals surface area contributed by atoms with Crippen molar-refractivity contribution in [3.63, 3.8) is 0 Å². The van der Waals surface area contributed by atoms with Gasteiger partial charge in [0.05, 0.1) is 16.3 Å². The van der Waals surface area contributed by atoms with Crippen molar-refractivity contribution in [1.82, 2.24) is 10.3 Å². The predicted octanol–water partition coefficient (Wildman–Crippen LogP) is 4.99. The molecule has 4 heteroatoms. The van der Waals surface area contributed by atoms with Gasteiger partial charge in [0.25, 0.3) is 0 Å². The van der Waals surface area contributed by atoms with Crippen LogP contribution in [-0.2, 0) is 5.41 Å². The molecule has 0 aliphatic carbocycles. The molecule has 1 N–H and O–H groups in total. The van der Waals surface area contributed by atoms with Gasteiger partial charge in [-0.15, -0.1) is 22.7 Å². The smallest absolute Gasteiger partial charge is 0.111 e. The van der Waals surface area contributed by atoms with E-state index in [0.29, 0.717) is 0 Å². The van der Waals surface area contributed by atoms with E-state index in [4.69, 9.17) is 4.98 Å². The molecule has 0 aliphatic heterocycles. The molecular weight excluding hydrogens is 296 g/mol. The van der Waals surface area contributed by atoms with Crippen LogP contribution in [0.25, 0.3) is 10.2 Å². The van der Waals surface area contributed by atoms with Gasteiger partial charge in [0, 0.05) is 16.8 Å². The Kier molecular flexibility index (Phi) is 4.11. The molecule has 2 nitrogen and oxygen atoms in total. The first-order valence-corrected chi connectivity index (χ1v) is 8.89. The molecule has 0 radical (unpaired) electrons. The summed E-state index contributed by atoms with van der Waals surface area (Å²) in [5, 5.41) is 6.95. The normalized spacial score (nSPS) is 13.7. The fourth-order valence-electron chi connectivity index (χ4n) is 2.32. The molecule has 0 amide bonds. The van der Waals surface area contributed by atoms with Gasteiger partial charge in [-0.3, -0.25) is 0 Å². The van der Waals surface area contributed by atoms with Crippen LogP contribution in [0.1, 0.15) is 36.7 Å². The Bertz CT molecular complexity index is 680. The van der Waals surface area contributed by atoms with Gasteiger partial charge in [-0.05, 0) is 30.5 Å². The van der Waals surface area contributed by atoms with Crippen molar-refractivity contribution in [2.24, 2.45) is 0 Å². The fourth-order valence-corrected chi connectivity index (χ4v) is 4.17. The predicted molar refractivity (Wildman–Crippen MR) is 93.4 cm³/mol. The summed E-state index contributed by atoms with van der Waals surface area (Å²) in [6, 6.07) is 13.0. The standard InChI is InChI=1S/C17H20N2S2/c1-12(16-19-13-7-4-5-8-14(13)21-16)18-11-17(2,3)15-9-6-10-20-15/h4-10,12,18H,11H2,1-3H3. The number of para-hydroxylation sites is 1. The van der Waals surface area contributed by atoms with Crippen LogP contribution >= 0.6 is 22.7 Å². The third kappa shape index (κ3) is 3.18. The van der Waals surface area contributed by atoms with E-state index in [2.05, 4.69) is 61.8 Å². The lowest BCUT2D eigenvalue weighted by Gasteiger charge is -2.25. The monoisotopic (exact) mass is 316 g/mol. The average Bonchev–Trinajstić information content (AvgIpc) is 3.13. The van der Waals surface area contributed by atoms with Crippen LogP contribution in [0.2, 0.25) is 0 Å². The second kappa shape index (κ2) is 5.87. The van der Waals surface area contributed by atoms with E-state index in [1.54, 1.807) is 11.3 Å². The highest BCUT2D eigenvalue weighted by atomic mass is 32.1. The van der Waals surface area contributed by atoms with E-state index in [1.807, 2.05) is 17.4 Å². The van der Waals surface area contributed by atoms with Gasteiger partial charge in [-0.25, -0.2) is 4.98 Å². The van der Waals surface area contributed by atoms with Crippen molar-refractivity contribution in [2.45, 2.75) is 32.2 Å². The molecule has 0 fully saturated rings. The van der Waals surface area contributed by atoms with Gasteiger partial charge in [-0.2, -0.15) is 0 Å². The largest absolute Gasteiger partial charge is 0.307 e. The highest BCUT2D eigenvalue weighted by molar-refractivity contribution is 7.18. The molecule has 3 rings (SSSR count). The van der Waals surface area contributed by atoms with Crippen molar-refractivity contribution in [3.05, 3.63) is 51.7 Å². The van der Waals surface area contributed by atoms with Crippen molar-refractivity contribution >= 4 is 32.9 Å². The molecule has 0 bridgehead atoms. The Balaban J connectivity index is 1.70. The highest BCUT2D eigenvalue weighted by Crippen LogP contribution is 2.29. The Labute approximate surface area is 133 Å². The maximum Gasteiger partial charge on any atom is 0.111 e. The van der Waals surface area contributed by atoms with Gasteiger partial charge in [0.1, 0.15) is 5.01 Å². The molecule has 0 saturated carbocycles. The van der Waals surface area contributed by atoms with Crippen LogP contribution in [-0.4, -0.2) is 11.5 Å². The molecule has 2 heterocycles. The maximum atomic E-state index is 4.73. The number of fused-ring (bicyclic) bond motifs is 1. The minimum atomic E-state index is 0.152. The van der Waals surface area contributed by atoms with E-state index in [9.17, 15) is 0 Å². The van der Waals surface area contributed by atoms with Gasteiger partial charge in [-0.1, -0.05) is 32.0 Å². The summed E-state index contributed by atoms with van der Waals surface area (Å²) in [7, 11) is 0. The zero-order valence-electron chi connectivity index (χ0n) is 12.6. The molecule has 1 unspecified atom stereocenters. The summed E-state index contributed by atoms with van der Waals surface area (Å²) in [6.45, 7) is 7.72. The summed E-state index contributed by atoms with van der Waals surface area (Å²) in [4.78, 5) is 6.16. The topological polar surface area (TPSA) is 24.9 Å². The third-order valence-corrected chi connectivity index (χ3v) is 6.17. The molecular formula is C17H20N2S2.